The fourth-order valence-corrected chi connectivity index (χ4v) is 3.11. The van der Waals surface area contributed by atoms with E-state index in [-0.39, 0.29) is 23.0 Å². The number of hydrogen-bond donors (Lipinski definition) is 3. The average molecular weight is 414 g/mol. The summed E-state index contributed by atoms with van der Waals surface area (Å²) in [5.74, 6) is -4.48. The summed E-state index contributed by atoms with van der Waals surface area (Å²) >= 11 is 1.05. The molecule has 1 aliphatic rings. The fourth-order valence-electron chi connectivity index (χ4n) is 2.56. The number of oxime groups is 1. The van der Waals surface area contributed by atoms with Gasteiger partial charge in [0.15, 0.2) is 23.2 Å². The molecule has 4 N–H and O–H groups in total. The van der Waals surface area contributed by atoms with Crippen LogP contribution in [0, 0.1) is 5.92 Å². The lowest BCUT2D eigenvalue weighted by Crippen LogP contribution is -2.68. The van der Waals surface area contributed by atoms with Gasteiger partial charge in [-0.2, -0.15) is 0 Å². The highest BCUT2D eigenvalue weighted by molar-refractivity contribution is 7.13. The number of carboxylic acid groups (broad SMARTS) is 2. The van der Waals surface area contributed by atoms with Crippen molar-refractivity contribution in [3.8, 4) is 0 Å². The van der Waals surface area contributed by atoms with Crippen LogP contribution in [0.25, 0.3) is 0 Å². The van der Waals surface area contributed by atoms with Gasteiger partial charge in [0, 0.05) is 11.8 Å². The standard InChI is InChI=1S/C15H18N4O8S/c1-15(2)7(13(25)19(15)27-5-11(23)24)3-9(20)12(18-26-4-10(21)22)8-6-28-14(16)17-8/h6-7H,3-5H2,1-2H3,(H2,16,17)(H,21,22)(H,23,24)/b18-12-/t7-/m1/s1. The molecule has 0 aromatic carbocycles. The van der Waals surface area contributed by atoms with Crippen molar-refractivity contribution in [2.45, 2.75) is 25.8 Å². The number of ketones is 1. The molecular formula is C15H18N4O8S. The Bertz CT molecular complexity index is 834. The van der Waals surface area contributed by atoms with Crippen LogP contribution in [-0.2, 0) is 28.9 Å². The van der Waals surface area contributed by atoms with Crippen molar-refractivity contribution < 1.29 is 39.1 Å². The number of hydrogen-bond acceptors (Lipinski definition) is 10. The molecule has 1 aliphatic heterocycles. The Balaban J connectivity index is 2.14. The molecule has 1 atom stereocenters. The summed E-state index contributed by atoms with van der Waals surface area (Å²) in [7, 11) is 0. The van der Waals surface area contributed by atoms with Crippen LogP contribution in [0.1, 0.15) is 26.0 Å². The summed E-state index contributed by atoms with van der Waals surface area (Å²) in [6.07, 6.45) is -0.286. The number of aromatic nitrogens is 1. The number of nitrogen functional groups attached to an aromatic ring is 1. The van der Waals surface area contributed by atoms with E-state index in [1.54, 1.807) is 13.8 Å². The highest BCUT2D eigenvalue weighted by Gasteiger charge is 2.56. The molecule has 0 aliphatic carbocycles. The van der Waals surface area contributed by atoms with Crippen molar-refractivity contribution in [3.63, 3.8) is 0 Å². The number of hydroxylamine groups is 2. The second-order valence-corrected chi connectivity index (χ2v) is 7.20. The summed E-state index contributed by atoms with van der Waals surface area (Å²) < 4.78 is 0. The molecule has 1 aromatic rings. The van der Waals surface area contributed by atoms with Crippen molar-refractivity contribution in [2.75, 3.05) is 18.9 Å². The number of carboxylic acids is 2. The zero-order valence-corrected chi connectivity index (χ0v) is 15.8. The smallest absolute Gasteiger partial charge is 0.344 e. The Morgan fingerprint density at radius 2 is 1.96 bits per heavy atom. The molecule has 2 heterocycles. The molecule has 0 unspecified atom stereocenters. The Kier molecular flexibility index (Phi) is 6.30. The maximum atomic E-state index is 12.7. The van der Waals surface area contributed by atoms with Crippen LogP contribution >= 0.6 is 11.3 Å². The predicted octanol–water partition coefficient (Wildman–Crippen LogP) is -0.257. The third-order valence-electron chi connectivity index (χ3n) is 3.95. The molecule has 28 heavy (non-hydrogen) atoms. The Morgan fingerprint density at radius 3 is 2.46 bits per heavy atom. The topological polar surface area (TPSA) is 182 Å². The lowest BCUT2D eigenvalue weighted by molar-refractivity contribution is -0.267. The third-order valence-corrected chi connectivity index (χ3v) is 4.63. The van der Waals surface area contributed by atoms with Crippen LogP contribution in [0.4, 0.5) is 5.13 Å². The Labute approximate surface area is 162 Å². The van der Waals surface area contributed by atoms with Crippen molar-refractivity contribution in [1.82, 2.24) is 10.0 Å². The van der Waals surface area contributed by atoms with Gasteiger partial charge in [-0.1, -0.05) is 5.16 Å². The summed E-state index contributed by atoms with van der Waals surface area (Å²) in [4.78, 5) is 59.7. The number of carbonyl (C=O) groups excluding carboxylic acids is 2. The zero-order valence-electron chi connectivity index (χ0n) is 14.9. The first kappa shape index (κ1) is 21.2. The molecule has 0 saturated carbocycles. The molecular weight excluding hydrogens is 396 g/mol. The molecule has 12 nitrogen and oxygen atoms in total. The maximum absolute atomic E-state index is 12.7. The summed E-state index contributed by atoms with van der Waals surface area (Å²) in [6.45, 7) is 1.78. The third kappa shape index (κ3) is 4.61. The van der Waals surface area contributed by atoms with Gasteiger partial charge in [0.2, 0.25) is 6.61 Å². The van der Waals surface area contributed by atoms with Crippen LogP contribution in [0.2, 0.25) is 0 Å². The van der Waals surface area contributed by atoms with Gasteiger partial charge in [0.1, 0.15) is 5.69 Å². The van der Waals surface area contributed by atoms with E-state index in [1.165, 1.54) is 5.38 Å². The quantitative estimate of drug-likeness (QED) is 0.262. The number of nitrogens with zero attached hydrogens (tertiary/aromatic N) is 3. The summed E-state index contributed by atoms with van der Waals surface area (Å²) in [5.41, 5.74) is 4.46. The lowest BCUT2D eigenvalue weighted by Gasteiger charge is -2.51. The average Bonchev–Trinajstić information content (AvgIpc) is 3.01. The Morgan fingerprint density at radius 1 is 1.32 bits per heavy atom. The van der Waals surface area contributed by atoms with Crippen LogP contribution in [0.5, 0.6) is 0 Å². The number of thiazole rings is 1. The number of nitrogens with two attached hydrogens (primary N) is 1. The van der Waals surface area contributed by atoms with Crippen molar-refractivity contribution in [1.29, 1.82) is 0 Å². The normalized spacial score (nSPS) is 18.5. The molecule has 0 spiro atoms. The van der Waals surface area contributed by atoms with E-state index in [0.717, 1.165) is 16.4 Å². The van der Waals surface area contributed by atoms with Crippen LogP contribution in [0.15, 0.2) is 10.5 Å². The van der Waals surface area contributed by atoms with Crippen LogP contribution in [-0.4, -0.2) is 68.4 Å². The van der Waals surface area contributed by atoms with E-state index in [0.29, 0.717) is 0 Å². The molecule has 0 bridgehead atoms. The van der Waals surface area contributed by atoms with E-state index >= 15 is 0 Å². The second-order valence-electron chi connectivity index (χ2n) is 6.31. The van der Waals surface area contributed by atoms with Crippen molar-refractivity contribution >= 4 is 45.8 Å². The number of Topliss-reactive ketones (excluding diaryl/α,β-unsaturated/α-hetero) is 1. The maximum Gasteiger partial charge on any atom is 0.344 e. The van der Waals surface area contributed by atoms with E-state index in [4.69, 9.17) is 20.8 Å². The first-order valence-corrected chi connectivity index (χ1v) is 8.77. The van der Waals surface area contributed by atoms with Gasteiger partial charge in [0.05, 0.1) is 11.5 Å². The van der Waals surface area contributed by atoms with E-state index in [2.05, 4.69) is 15.0 Å². The van der Waals surface area contributed by atoms with E-state index in [1.807, 2.05) is 0 Å². The number of anilines is 1. The predicted molar refractivity (Wildman–Crippen MR) is 94.3 cm³/mol. The zero-order chi connectivity index (χ0) is 21.1. The van der Waals surface area contributed by atoms with Gasteiger partial charge in [0.25, 0.3) is 5.91 Å². The van der Waals surface area contributed by atoms with Crippen molar-refractivity contribution in [3.05, 3.63) is 11.1 Å². The van der Waals surface area contributed by atoms with E-state index in [9.17, 15) is 19.2 Å². The second kappa shape index (κ2) is 8.31. The van der Waals surface area contributed by atoms with Gasteiger partial charge in [-0.25, -0.2) is 19.6 Å². The molecule has 13 heteroatoms. The molecule has 1 amide bonds. The van der Waals surface area contributed by atoms with Crippen LogP contribution in [0.3, 0.4) is 0 Å². The SMILES string of the molecule is CC1(C)[C@H](CC(=O)/C(=N\OCC(=O)O)c2csc(N)n2)C(=O)N1OCC(=O)O. The van der Waals surface area contributed by atoms with Gasteiger partial charge in [-0.3, -0.25) is 14.4 Å². The number of rotatable bonds is 10. The molecule has 1 fully saturated rings. The highest BCUT2D eigenvalue weighted by atomic mass is 32.1. The fraction of sp³-hybridized carbons (Fsp3) is 0.467. The van der Waals surface area contributed by atoms with Gasteiger partial charge >= 0.3 is 11.9 Å². The minimum Gasteiger partial charge on any atom is -0.479 e. The van der Waals surface area contributed by atoms with E-state index < -0.39 is 48.3 Å². The number of aliphatic carboxylic acids is 2. The lowest BCUT2D eigenvalue weighted by atomic mass is 9.74. The number of carbonyl (C=O) groups is 4. The molecule has 1 aromatic heterocycles. The first-order chi connectivity index (χ1) is 13.0. The molecule has 152 valence electrons. The molecule has 0 radical (unpaired) electrons. The van der Waals surface area contributed by atoms with Gasteiger partial charge in [-0.15, -0.1) is 11.3 Å². The van der Waals surface area contributed by atoms with Gasteiger partial charge in [-0.05, 0) is 13.8 Å². The molecule has 1 saturated heterocycles. The summed E-state index contributed by atoms with van der Waals surface area (Å²) in [6, 6.07) is 0. The Hall–Kier alpha value is -3.06. The largest absolute Gasteiger partial charge is 0.479 e. The first-order valence-electron chi connectivity index (χ1n) is 7.89. The molecule has 2 rings (SSSR count). The number of amides is 1. The summed E-state index contributed by atoms with van der Waals surface area (Å²) in [5, 5.41) is 23.4. The minimum absolute atomic E-state index is 0.0986. The van der Waals surface area contributed by atoms with Gasteiger partial charge < -0.3 is 20.8 Å². The monoisotopic (exact) mass is 414 g/mol. The highest BCUT2D eigenvalue weighted by Crippen LogP contribution is 2.40. The van der Waals surface area contributed by atoms with Crippen molar-refractivity contribution in [2.24, 2.45) is 11.1 Å². The minimum atomic E-state index is -1.28. The number of β-lactam (4-membered cyclic amide) rings is 1. The van der Waals surface area contributed by atoms with Crippen LogP contribution < -0.4 is 5.73 Å².